The van der Waals surface area contributed by atoms with Gasteiger partial charge >= 0.3 is 5.97 Å². The summed E-state index contributed by atoms with van der Waals surface area (Å²) in [5, 5.41) is 9.70. The van der Waals surface area contributed by atoms with Gasteiger partial charge in [0.1, 0.15) is 5.82 Å². The molecule has 110 valence electrons. The van der Waals surface area contributed by atoms with Crippen molar-refractivity contribution in [2.45, 2.75) is 13.5 Å². The highest BCUT2D eigenvalue weighted by Gasteiger charge is 2.34. The zero-order valence-corrected chi connectivity index (χ0v) is 11.8. The van der Waals surface area contributed by atoms with Gasteiger partial charge in [-0.25, -0.2) is 4.39 Å². The zero-order valence-electron chi connectivity index (χ0n) is 11.8. The standard InChI is InChI=1S/C16H17FN2O2/c1-10-7-19(9-13(10)16(20)21)8-11-4-5-14(17)12-3-2-6-18-15(11)12/h2-6,10,13H,7-9H2,1H3,(H,20,21)/t10-,13-/m1/s1. The molecule has 4 nitrogen and oxygen atoms in total. The second-order valence-corrected chi connectivity index (χ2v) is 5.72. The number of aliphatic carboxylic acids is 1. The van der Waals surface area contributed by atoms with Gasteiger partial charge in [0.25, 0.3) is 0 Å². The van der Waals surface area contributed by atoms with E-state index in [2.05, 4.69) is 9.88 Å². The maximum absolute atomic E-state index is 13.8. The number of fused-ring (bicyclic) bond motifs is 1. The first-order chi connectivity index (χ1) is 10.1. The number of pyridine rings is 1. The van der Waals surface area contributed by atoms with Crippen molar-refractivity contribution >= 4 is 16.9 Å². The lowest BCUT2D eigenvalue weighted by Crippen LogP contribution is -2.23. The molecular weight excluding hydrogens is 271 g/mol. The molecule has 0 unspecified atom stereocenters. The summed E-state index contributed by atoms with van der Waals surface area (Å²) in [6.45, 7) is 3.83. The summed E-state index contributed by atoms with van der Waals surface area (Å²) < 4.78 is 13.8. The third kappa shape index (κ3) is 2.61. The van der Waals surface area contributed by atoms with E-state index < -0.39 is 5.97 Å². The Balaban J connectivity index is 1.87. The summed E-state index contributed by atoms with van der Waals surface area (Å²) in [6.07, 6.45) is 1.65. The first-order valence-electron chi connectivity index (χ1n) is 7.03. The topological polar surface area (TPSA) is 53.4 Å². The smallest absolute Gasteiger partial charge is 0.308 e. The van der Waals surface area contributed by atoms with Crippen LogP contribution < -0.4 is 0 Å². The molecule has 0 radical (unpaired) electrons. The van der Waals surface area contributed by atoms with Crippen LogP contribution in [0.5, 0.6) is 0 Å². The lowest BCUT2D eigenvalue weighted by Gasteiger charge is -2.16. The van der Waals surface area contributed by atoms with Crippen LogP contribution in [0.1, 0.15) is 12.5 Å². The van der Waals surface area contributed by atoms with Crippen molar-refractivity contribution in [2.75, 3.05) is 13.1 Å². The summed E-state index contributed by atoms with van der Waals surface area (Å²) in [7, 11) is 0. The van der Waals surface area contributed by atoms with Crippen LogP contribution in [0, 0.1) is 17.7 Å². The van der Waals surface area contributed by atoms with E-state index >= 15 is 0 Å². The fourth-order valence-corrected chi connectivity index (χ4v) is 3.08. The van der Waals surface area contributed by atoms with Gasteiger partial charge in [0.05, 0.1) is 11.4 Å². The zero-order chi connectivity index (χ0) is 15.0. The maximum atomic E-state index is 13.8. The predicted molar refractivity (Wildman–Crippen MR) is 77.3 cm³/mol. The normalized spacial score (nSPS) is 22.8. The van der Waals surface area contributed by atoms with E-state index in [1.165, 1.54) is 6.07 Å². The number of carboxylic acids is 1. The summed E-state index contributed by atoms with van der Waals surface area (Å²) in [5.74, 6) is -1.22. The first-order valence-corrected chi connectivity index (χ1v) is 7.03. The number of benzene rings is 1. The second-order valence-electron chi connectivity index (χ2n) is 5.72. The Labute approximate surface area is 122 Å². The molecule has 21 heavy (non-hydrogen) atoms. The van der Waals surface area contributed by atoms with Crippen molar-refractivity contribution in [1.82, 2.24) is 9.88 Å². The SMILES string of the molecule is C[C@@H]1CN(Cc2ccc(F)c3cccnc23)C[C@H]1C(=O)O. The molecular formula is C16H17FN2O2. The van der Waals surface area contributed by atoms with Gasteiger partial charge < -0.3 is 5.11 Å². The summed E-state index contributed by atoms with van der Waals surface area (Å²) in [4.78, 5) is 17.6. The molecule has 1 fully saturated rings. The highest BCUT2D eigenvalue weighted by atomic mass is 19.1. The molecule has 0 aliphatic carbocycles. The molecule has 2 atom stereocenters. The summed E-state index contributed by atoms with van der Waals surface area (Å²) >= 11 is 0. The number of carbonyl (C=O) groups is 1. The molecule has 2 aromatic rings. The van der Waals surface area contributed by atoms with E-state index in [1.54, 1.807) is 24.4 Å². The Hall–Kier alpha value is -2.01. The third-order valence-electron chi connectivity index (χ3n) is 4.20. The molecule has 0 saturated carbocycles. The molecule has 1 aliphatic rings. The van der Waals surface area contributed by atoms with Crippen LogP contribution in [0.3, 0.4) is 0 Å². The van der Waals surface area contributed by atoms with Crippen LogP contribution >= 0.6 is 0 Å². The van der Waals surface area contributed by atoms with Gasteiger partial charge in [-0.1, -0.05) is 13.0 Å². The predicted octanol–water partition coefficient (Wildman–Crippen LogP) is 2.53. The second kappa shape index (κ2) is 5.41. The van der Waals surface area contributed by atoms with Gasteiger partial charge in [0, 0.05) is 31.2 Å². The van der Waals surface area contributed by atoms with Gasteiger partial charge in [0.15, 0.2) is 0 Å². The number of hydrogen-bond acceptors (Lipinski definition) is 3. The van der Waals surface area contributed by atoms with Crippen LogP contribution in [0.15, 0.2) is 30.5 Å². The van der Waals surface area contributed by atoms with Gasteiger partial charge in [0.2, 0.25) is 0 Å². The van der Waals surface area contributed by atoms with E-state index in [1.807, 2.05) is 6.92 Å². The van der Waals surface area contributed by atoms with Crippen LogP contribution in [-0.2, 0) is 11.3 Å². The molecule has 5 heteroatoms. The van der Waals surface area contributed by atoms with Crippen LogP contribution in [0.4, 0.5) is 4.39 Å². The average Bonchev–Trinajstić information content (AvgIpc) is 2.83. The number of likely N-dealkylation sites (tertiary alicyclic amines) is 1. The number of halogens is 1. The highest BCUT2D eigenvalue weighted by molar-refractivity contribution is 5.82. The van der Waals surface area contributed by atoms with E-state index in [0.29, 0.717) is 24.0 Å². The minimum atomic E-state index is -0.743. The van der Waals surface area contributed by atoms with E-state index in [0.717, 1.165) is 12.1 Å². The Morgan fingerprint density at radius 3 is 2.95 bits per heavy atom. The van der Waals surface area contributed by atoms with E-state index in [9.17, 15) is 14.3 Å². The van der Waals surface area contributed by atoms with Crippen molar-refractivity contribution in [3.05, 3.63) is 41.8 Å². The lowest BCUT2D eigenvalue weighted by molar-refractivity contribution is -0.142. The third-order valence-corrected chi connectivity index (χ3v) is 4.20. The molecule has 1 aliphatic heterocycles. The number of rotatable bonds is 3. The molecule has 0 bridgehead atoms. The fourth-order valence-electron chi connectivity index (χ4n) is 3.08. The Kier molecular flexibility index (Phi) is 3.59. The quantitative estimate of drug-likeness (QED) is 0.943. The Morgan fingerprint density at radius 2 is 2.24 bits per heavy atom. The fraction of sp³-hybridized carbons (Fsp3) is 0.375. The van der Waals surface area contributed by atoms with Gasteiger partial charge in [-0.15, -0.1) is 0 Å². The minimum Gasteiger partial charge on any atom is -0.481 e. The first kappa shape index (κ1) is 13.9. The van der Waals surface area contributed by atoms with Crippen molar-refractivity contribution in [1.29, 1.82) is 0 Å². The summed E-state index contributed by atoms with van der Waals surface area (Å²) in [5.41, 5.74) is 1.59. The molecule has 1 saturated heterocycles. The minimum absolute atomic E-state index is 0.127. The average molecular weight is 288 g/mol. The van der Waals surface area contributed by atoms with Crippen LogP contribution in [-0.4, -0.2) is 34.0 Å². The van der Waals surface area contributed by atoms with Crippen molar-refractivity contribution < 1.29 is 14.3 Å². The van der Waals surface area contributed by atoms with Gasteiger partial charge in [-0.05, 0) is 29.7 Å². The Morgan fingerprint density at radius 1 is 1.43 bits per heavy atom. The lowest BCUT2D eigenvalue weighted by atomic mass is 9.99. The monoisotopic (exact) mass is 288 g/mol. The number of hydrogen-bond donors (Lipinski definition) is 1. The van der Waals surface area contributed by atoms with Crippen LogP contribution in [0.2, 0.25) is 0 Å². The molecule has 1 aromatic carbocycles. The van der Waals surface area contributed by atoms with Crippen molar-refractivity contribution in [3.8, 4) is 0 Å². The number of carboxylic acid groups (broad SMARTS) is 1. The molecule has 3 rings (SSSR count). The molecule has 2 heterocycles. The number of aromatic nitrogens is 1. The largest absolute Gasteiger partial charge is 0.481 e. The molecule has 1 aromatic heterocycles. The maximum Gasteiger partial charge on any atom is 0.308 e. The van der Waals surface area contributed by atoms with Gasteiger partial charge in [-0.3, -0.25) is 14.7 Å². The Bertz CT molecular complexity index is 689. The summed E-state index contributed by atoms with van der Waals surface area (Å²) in [6, 6.07) is 6.62. The van der Waals surface area contributed by atoms with E-state index in [4.69, 9.17) is 0 Å². The van der Waals surface area contributed by atoms with Gasteiger partial charge in [-0.2, -0.15) is 0 Å². The van der Waals surface area contributed by atoms with E-state index in [-0.39, 0.29) is 17.7 Å². The number of nitrogens with zero attached hydrogens (tertiary/aromatic N) is 2. The van der Waals surface area contributed by atoms with Crippen molar-refractivity contribution in [3.63, 3.8) is 0 Å². The molecule has 0 spiro atoms. The molecule has 0 amide bonds. The molecule has 1 N–H and O–H groups in total. The van der Waals surface area contributed by atoms with Crippen LogP contribution in [0.25, 0.3) is 10.9 Å². The van der Waals surface area contributed by atoms with Crippen molar-refractivity contribution in [2.24, 2.45) is 11.8 Å². The highest BCUT2D eigenvalue weighted by Crippen LogP contribution is 2.27.